The molecule has 1 unspecified atom stereocenters. The van der Waals surface area contributed by atoms with Gasteiger partial charge in [-0.2, -0.15) is 4.98 Å². The van der Waals surface area contributed by atoms with Gasteiger partial charge < -0.3 is 18.9 Å². The summed E-state index contributed by atoms with van der Waals surface area (Å²) >= 11 is 0. The minimum Gasteiger partial charge on any atom is -0.497 e. The quantitative estimate of drug-likeness (QED) is 0.501. The van der Waals surface area contributed by atoms with Crippen LogP contribution in [0, 0.1) is 5.82 Å². The number of hydrogen-bond acceptors (Lipinski definition) is 6. The number of amides is 1. The fourth-order valence-corrected chi connectivity index (χ4v) is 3.72. The smallest absolute Gasteiger partial charge is 0.227 e. The van der Waals surface area contributed by atoms with Gasteiger partial charge in [0, 0.05) is 38.1 Å². The highest BCUT2D eigenvalue weighted by Gasteiger charge is 2.23. The number of hydrogen-bond donors (Lipinski definition) is 0. The van der Waals surface area contributed by atoms with E-state index in [-0.39, 0.29) is 24.2 Å². The van der Waals surface area contributed by atoms with Gasteiger partial charge in [-0.25, -0.2) is 4.39 Å². The predicted molar refractivity (Wildman–Crippen MR) is 115 cm³/mol. The first-order chi connectivity index (χ1) is 15.6. The van der Waals surface area contributed by atoms with Gasteiger partial charge in [-0.05, 0) is 54.8 Å². The number of rotatable bonds is 9. The summed E-state index contributed by atoms with van der Waals surface area (Å²) in [5, 5.41) is 3.94. The Labute approximate surface area is 186 Å². The van der Waals surface area contributed by atoms with Crippen molar-refractivity contribution in [1.29, 1.82) is 0 Å². The van der Waals surface area contributed by atoms with Crippen LogP contribution in [0.15, 0.2) is 53.1 Å². The van der Waals surface area contributed by atoms with Crippen LogP contribution in [0.25, 0.3) is 11.4 Å². The molecular formula is C24H26FN3O4. The van der Waals surface area contributed by atoms with E-state index >= 15 is 0 Å². The van der Waals surface area contributed by atoms with E-state index in [1.807, 2.05) is 29.2 Å². The van der Waals surface area contributed by atoms with Crippen molar-refractivity contribution in [3.05, 3.63) is 65.8 Å². The summed E-state index contributed by atoms with van der Waals surface area (Å²) in [6.45, 7) is 1.75. The Morgan fingerprint density at radius 3 is 2.84 bits per heavy atom. The first-order valence-corrected chi connectivity index (χ1v) is 10.7. The zero-order chi connectivity index (χ0) is 22.3. The SMILES string of the molecule is COc1cccc(CN(CC2CCCO2)C(=O)CCc2nc(-c3ccc(F)cc3)no2)c1. The fraction of sp³-hybridized carbons (Fsp3) is 0.375. The van der Waals surface area contributed by atoms with Crippen LogP contribution < -0.4 is 4.74 Å². The molecule has 4 rings (SSSR count). The average Bonchev–Trinajstić information content (AvgIpc) is 3.50. The number of ether oxygens (including phenoxy) is 2. The lowest BCUT2D eigenvalue weighted by molar-refractivity contribution is -0.133. The van der Waals surface area contributed by atoms with Crippen molar-refractivity contribution in [2.75, 3.05) is 20.3 Å². The Bertz CT molecular complexity index is 1030. The van der Waals surface area contributed by atoms with Gasteiger partial charge >= 0.3 is 0 Å². The van der Waals surface area contributed by atoms with Crippen molar-refractivity contribution in [3.63, 3.8) is 0 Å². The molecule has 1 fully saturated rings. The molecule has 7 nitrogen and oxygen atoms in total. The highest BCUT2D eigenvalue weighted by atomic mass is 19.1. The molecule has 8 heteroatoms. The summed E-state index contributed by atoms with van der Waals surface area (Å²) in [4.78, 5) is 19.2. The van der Waals surface area contributed by atoms with E-state index in [0.29, 0.717) is 36.8 Å². The summed E-state index contributed by atoms with van der Waals surface area (Å²) in [5.74, 6) is 1.16. The molecule has 1 aliphatic rings. The molecule has 1 atom stereocenters. The van der Waals surface area contributed by atoms with E-state index in [4.69, 9.17) is 14.0 Å². The van der Waals surface area contributed by atoms with Crippen molar-refractivity contribution >= 4 is 5.91 Å². The lowest BCUT2D eigenvalue weighted by atomic mass is 10.1. The fourth-order valence-electron chi connectivity index (χ4n) is 3.72. The Kier molecular flexibility index (Phi) is 7.11. The van der Waals surface area contributed by atoms with Crippen LogP contribution in [0.2, 0.25) is 0 Å². The monoisotopic (exact) mass is 439 g/mol. The molecule has 1 aromatic heterocycles. The van der Waals surface area contributed by atoms with Gasteiger partial charge in [0.2, 0.25) is 17.6 Å². The van der Waals surface area contributed by atoms with Crippen molar-refractivity contribution in [2.24, 2.45) is 0 Å². The van der Waals surface area contributed by atoms with Gasteiger partial charge in [0.1, 0.15) is 11.6 Å². The largest absolute Gasteiger partial charge is 0.497 e. The van der Waals surface area contributed by atoms with E-state index in [1.165, 1.54) is 12.1 Å². The number of nitrogens with zero attached hydrogens (tertiary/aromatic N) is 3. The molecule has 1 aliphatic heterocycles. The van der Waals surface area contributed by atoms with Crippen LogP contribution in [0.1, 0.15) is 30.7 Å². The predicted octanol–water partition coefficient (Wildman–Crippen LogP) is 4.02. The third kappa shape index (κ3) is 5.70. The number of aryl methyl sites for hydroxylation is 1. The molecule has 0 bridgehead atoms. The topological polar surface area (TPSA) is 77.7 Å². The number of methoxy groups -OCH3 is 1. The Morgan fingerprint density at radius 1 is 1.25 bits per heavy atom. The van der Waals surface area contributed by atoms with Gasteiger partial charge in [-0.15, -0.1) is 0 Å². The second-order valence-corrected chi connectivity index (χ2v) is 7.78. The van der Waals surface area contributed by atoms with E-state index < -0.39 is 0 Å². The van der Waals surface area contributed by atoms with E-state index in [9.17, 15) is 9.18 Å². The number of halogens is 1. The van der Waals surface area contributed by atoms with Gasteiger partial charge in [0.25, 0.3) is 0 Å². The maximum atomic E-state index is 13.1. The first kappa shape index (κ1) is 22.0. The van der Waals surface area contributed by atoms with E-state index in [1.54, 1.807) is 19.2 Å². The molecule has 1 saturated heterocycles. The minimum atomic E-state index is -0.328. The molecule has 0 N–H and O–H groups in total. The third-order valence-corrected chi connectivity index (χ3v) is 5.43. The van der Waals surface area contributed by atoms with Crippen molar-refractivity contribution in [1.82, 2.24) is 15.0 Å². The zero-order valence-corrected chi connectivity index (χ0v) is 18.0. The Hall–Kier alpha value is -3.26. The summed E-state index contributed by atoms with van der Waals surface area (Å²) in [5.41, 5.74) is 1.65. The maximum Gasteiger partial charge on any atom is 0.227 e. The van der Waals surface area contributed by atoms with Gasteiger partial charge in [-0.1, -0.05) is 17.3 Å². The van der Waals surface area contributed by atoms with E-state index in [0.717, 1.165) is 30.8 Å². The molecule has 3 aromatic rings. The highest BCUT2D eigenvalue weighted by molar-refractivity contribution is 5.76. The molecule has 0 saturated carbocycles. The maximum absolute atomic E-state index is 13.1. The van der Waals surface area contributed by atoms with Crippen LogP contribution in [-0.4, -0.2) is 47.3 Å². The van der Waals surface area contributed by atoms with Crippen LogP contribution in [-0.2, 0) is 22.5 Å². The number of aromatic nitrogens is 2. The molecular weight excluding hydrogens is 413 g/mol. The minimum absolute atomic E-state index is 0.00940. The van der Waals surface area contributed by atoms with Crippen molar-refractivity contribution in [2.45, 2.75) is 38.3 Å². The van der Waals surface area contributed by atoms with Gasteiger partial charge in [0.05, 0.1) is 13.2 Å². The molecule has 0 spiro atoms. The third-order valence-electron chi connectivity index (χ3n) is 5.43. The standard InChI is InChI=1S/C24H26FN3O4/c1-30-20-5-2-4-17(14-20)15-28(16-21-6-3-13-31-21)23(29)12-11-22-26-24(27-32-22)18-7-9-19(25)10-8-18/h2,4-5,7-10,14,21H,3,6,11-13,15-16H2,1H3. The van der Waals surface area contributed by atoms with Gasteiger partial charge in [-0.3, -0.25) is 4.79 Å². The van der Waals surface area contributed by atoms with Crippen molar-refractivity contribution < 1.29 is 23.2 Å². The molecule has 32 heavy (non-hydrogen) atoms. The van der Waals surface area contributed by atoms with Crippen LogP contribution in [0.4, 0.5) is 4.39 Å². The molecule has 0 aliphatic carbocycles. The molecule has 0 radical (unpaired) electrons. The zero-order valence-electron chi connectivity index (χ0n) is 18.0. The van der Waals surface area contributed by atoms with Crippen LogP contribution in [0.3, 0.4) is 0 Å². The summed E-state index contributed by atoms with van der Waals surface area (Å²) in [6, 6.07) is 13.6. The van der Waals surface area contributed by atoms with Gasteiger partial charge in [0.15, 0.2) is 0 Å². The second kappa shape index (κ2) is 10.4. The highest BCUT2D eigenvalue weighted by Crippen LogP contribution is 2.20. The molecule has 2 heterocycles. The summed E-state index contributed by atoms with van der Waals surface area (Å²) in [6.07, 6.45) is 2.58. The molecule has 168 valence electrons. The number of carbonyl (C=O) groups is 1. The Balaban J connectivity index is 1.40. The number of benzene rings is 2. The van der Waals surface area contributed by atoms with Crippen LogP contribution >= 0.6 is 0 Å². The lowest BCUT2D eigenvalue weighted by Gasteiger charge is -2.25. The Morgan fingerprint density at radius 2 is 2.09 bits per heavy atom. The number of carbonyl (C=O) groups excluding carboxylic acids is 1. The van der Waals surface area contributed by atoms with Crippen LogP contribution in [0.5, 0.6) is 5.75 Å². The average molecular weight is 439 g/mol. The first-order valence-electron chi connectivity index (χ1n) is 10.7. The lowest BCUT2D eigenvalue weighted by Crippen LogP contribution is -2.37. The van der Waals surface area contributed by atoms with Crippen molar-refractivity contribution in [3.8, 4) is 17.1 Å². The molecule has 1 amide bonds. The molecule has 2 aromatic carbocycles. The second-order valence-electron chi connectivity index (χ2n) is 7.78. The summed E-state index contributed by atoms with van der Waals surface area (Å²) in [7, 11) is 1.62. The van der Waals surface area contributed by atoms with E-state index in [2.05, 4.69) is 10.1 Å². The summed E-state index contributed by atoms with van der Waals surface area (Å²) < 4.78 is 29.5. The normalized spacial score (nSPS) is 15.6.